The third-order valence-corrected chi connectivity index (χ3v) is 35.1. The Morgan fingerprint density at radius 2 is 0.507 bits per heavy atom. The molecule has 16 aromatic rings. The summed E-state index contributed by atoms with van der Waals surface area (Å²) in [7, 11) is -1.35. The van der Waals surface area contributed by atoms with E-state index in [4.69, 9.17) is 27.9 Å². The van der Waals surface area contributed by atoms with Gasteiger partial charge in [0.2, 0.25) is 0 Å². The molecule has 5 aliphatic rings. The Hall–Kier alpha value is -11.3. The van der Waals surface area contributed by atoms with Crippen LogP contribution in [0.5, 0.6) is 0 Å². The van der Waals surface area contributed by atoms with E-state index in [1.165, 1.54) is 293 Å². The van der Waals surface area contributed by atoms with Crippen molar-refractivity contribution in [2.24, 2.45) is 0 Å². The number of benzene rings is 14. The number of hydrogen-bond donors (Lipinski definition) is 0. The SMILES string of the molecule is CC1(C)OB(B2OC(C)(C)C(C)(C)O2)OC1(C)C.CCCCCCCCC1(CCCCCCCC)c2cc(B3OC(C)(C)C(C)(C)O3)ccc2-c2ccc(-n3c4ccccc4c4cc(N(c5ccccc5)c5ccc(-c6ccccc6)cc5)ccc43)cc21.CCCCCCCCC1(CCCCCCCC)c2cc(Br)ccc2-c2ccc(-n3c4ccccc4c4cc(N(c5ccccc5)c5ccc(-c6ccccc6)cc5)ccc43)cc21. The van der Waals surface area contributed by atoms with Crippen molar-refractivity contribution < 1.29 is 27.9 Å². The van der Waals surface area contributed by atoms with Crippen molar-refractivity contribution in [2.45, 2.75) is 335 Å². The zero-order valence-corrected chi connectivity index (χ0v) is 93.9. The Balaban J connectivity index is 0.000000162. The van der Waals surface area contributed by atoms with E-state index in [-0.39, 0.29) is 33.2 Å². The second-order valence-electron chi connectivity index (χ2n) is 46.3. The molecule has 14 heteroatoms. The second-order valence-corrected chi connectivity index (χ2v) is 47.2. The molecule has 0 bridgehead atoms. The number of anilines is 6. The Morgan fingerprint density at radius 1 is 0.233 bits per heavy atom. The molecule has 0 atom stereocenters. The van der Waals surface area contributed by atoms with Crippen LogP contribution in [0.1, 0.15) is 313 Å². The molecule has 5 heterocycles. The van der Waals surface area contributed by atoms with Crippen molar-refractivity contribution in [1.29, 1.82) is 0 Å². The molecule has 10 nitrogen and oxygen atoms in total. The van der Waals surface area contributed by atoms with Crippen LogP contribution in [0, 0.1) is 0 Å². The molecule has 150 heavy (non-hydrogen) atoms. The highest BCUT2D eigenvalue weighted by molar-refractivity contribution is 9.10. The lowest BCUT2D eigenvalue weighted by Gasteiger charge is -2.33. The second kappa shape index (κ2) is 46.3. The third-order valence-electron chi connectivity index (χ3n) is 34.6. The monoisotopic (exact) mass is 2060 g/mol. The number of aromatic nitrogens is 2. The fourth-order valence-corrected chi connectivity index (χ4v) is 24.5. The summed E-state index contributed by atoms with van der Waals surface area (Å²) >= 11 is 3.93. The van der Waals surface area contributed by atoms with Gasteiger partial charge in [0.15, 0.2) is 0 Å². The molecule has 14 aromatic carbocycles. The molecule has 2 aromatic heterocycles. The number of nitrogens with zero attached hydrogens (tertiary/aromatic N) is 4. The van der Waals surface area contributed by atoms with Gasteiger partial charge in [-0.1, -0.05) is 392 Å². The molecule has 0 saturated carbocycles. The summed E-state index contributed by atoms with van der Waals surface area (Å²) in [6, 6.07) is 122. The summed E-state index contributed by atoms with van der Waals surface area (Å²) in [5.41, 5.74) is 29.5. The molecule has 0 unspecified atom stereocenters. The molecule has 3 saturated heterocycles. The number of halogens is 1. The van der Waals surface area contributed by atoms with Crippen LogP contribution in [0.4, 0.5) is 34.1 Å². The molecule has 0 N–H and O–H groups in total. The van der Waals surface area contributed by atoms with Crippen LogP contribution in [0.15, 0.2) is 332 Å². The summed E-state index contributed by atoms with van der Waals surface area (Å²) in [5, 5.41) is 5.04. The largest absolute Gasteiger partial charge is 0.494 e. The summed E-state index contributed by atoms with van der Waals surface area (Å²) in [6.45, 7) is 34.1. The minimum Gasteiger partial charge on any atom is -0.405 e. The molecule has 774 valence electrons. The van der Waals surface area contributed by atoms with Gasteiger partial charge in [-0.05, 0) is 314 Å². The average Bonchev–Trinajstić information content (AvgIpc) is 1.55. The van der Waals surface area contributed by atoms with Gasteiger partial charge in [-0.15, -0.1) is 0 Å². The van der Waals surface area contributed by atoms with Crippen LogP contribution in [0.25, 0.3) is 99.5 Å². The number of hydrogen-bond acceptors (Lipinski definition) is 8. The summed E-state index contributed by atoms with van der Waals surface area (Å²) < 4.78 is 43.6. The number of fused-ring (bicyclic) bond motifs is 12. The Bertz CT molecular complexity index is 7170. The predicted octanol–water partition coefficient (Wildman–Crippen LogP) is 38.7. The van der Waals surface area contributed by atoms with E-state index in [1.807, 2.05) is 55.4 Å². The third kappa shape index (κ3) is 22.1. The predicted molar refractivity (Wildman–Crippen MR) is 642 cm³/mol. The fraction of sp³-hybridized carbons (Fsp3) is 0.382. The van der Waals surface area contributed by atoms with Gasteiger partial charge in [-0.3, -0.25) is 0 Å². The Labute approximate surface area is 905 Å². The van der Waals surface area contributed by atoms with E-state index in [1.54, 1.807) is 0 Å². The lowest BCUT2D eigenvalue weighted by atomic mass is 9.49. The molecular formula is C136H158B3BrN4O6. The molecule has 3 fully saturated rings. The topological polar surface area (TPSA) is 71.7 Å². The number of unbranched alkanes of at least 4 members (excludes halogenated alkanes) is 20. The van der Waals surface area contributed by atoms with Gasteiger partial charge in [0.1, 0.15) is 0 Å². The van der Waals surface area contributed by atoms with Crippen LogP contribution < -0.4 is 15.3 Å². The lowest BCUT2D eigenvalue weighted by molar-refractivity contribution is 0.00578. The number of para-hydroxylation sites is 4. The van der Waals surface area contributed by atoms with E-state index in [2.05, 4.69) is 418 Å². The van der Waals surface area contributed by atoms with E-state index >= 15 is 0 Å². The maximum Gasteiger partial charge on any atom is 0.494 e. The highest BCUT2D eigenvalue weighted by atomic mass is 79.9. The van der Waals surface area contributed by atoms with Crippen LogP contribution in [-0.4, -0.2) is 63.9 Å². The van der Waals surface area contributed by atoms with Gasteiger partial charge >= 0.3 is 21.1 Å². The van der Waals surface area contributed by atoms with Gasteiger partial charge in [0.05, 0.1) is 55.7 Å². The van der Waals surface area contributed by atoms with Crippen LogP contribution in [0.2, 0.25) is 0 Å². The molecule has 3 aliphatic heterocycles. The highest BCUT2D eigenvalue weighted by Gasteiger charge is 2.64. The minimum absolute atomic E-state index is 0.00184. The zero-order chi connectivity index (χ0) is 105. The van der Waals surface area contributed by atoms with Crippen molar-refractivity contribution in [3.8, 4) is 55.9 Å². The van der Waals surface area contributed by atoms with Crippen LogP contribution in [0.3, 0.4) is 0 Å². The van der Waals surface area contributed by atoms with Gasteiger partial charge in [0, 0.05) is 82.3 Å². The van der Waals surface area contributed by atoms with E-state index in [9.17, 15) is 0 Å². The average molecular weight is 2060 g/mol. The van der Waals surface area contributed by atoms with E-state index in [0.717, 1.165) is 52.4 Å². The first kappa shape index (κ1) is 107. The van der Waals surface area contributed by atoms with Crippen molar-refractivity contribution >= 4 is 120 Å². The molecule has 21 rings (SSSR count). The molecule has 0 amide bonds. The summed E-state index contributed by atoms with van der Waals surface area (Å²) in [5.74, 6) is 0. The summed E-state index contributed by atoms with van der Waals surface area (Å²) in [6.07, 6.45) is 35.9. The molecule has 0 spiro atoms. The minimum atomic E-state index is -0.476. The Morgan fingerprint density at radius 3 is 0.867 bits per heavy atom. The number of rotatable bonds is 40. The lowest BCUT2D eigenvalue weighted by Crippen LogP contribution is -2.41. The Kier molecular flexibility index (Phi) is 33.1. The van der Waals surface area contributed by atoms with Gasteiger partial charge < -0.3 is 46.9 Å². The fourth-order valence-electron chi connectivity index (χ4n) is 24.2. The summed E-state index contributed by atoms with van der Waals surface area (Å²) in [4.78, 5) is 4.79. The van der Waals surface area contributed by atoms with Crippen molar-refractivity contribution in [3.63, 3.8) is 0 Å². The molecular weight excluding hydrogens is 1900 g/mol. The van der Waals surface area contributed by atoms with E-state index < -0.39 is 32.3 Å². The van der Waals surface area contributed by atoms with Gasteiger partial charge in [-0.25, -0.2) is 0 Å². The van der Waals surface area contributed by atoms with Crippen molar-refractivity contribution in [1.82, 2.24) is 9.13 Å². The standard InChI is InChI=1S/C65H73BN2O2.C59H61BrN2.C12H24B2O4/c1-7-9-11-13-15-25-43-65(44-26-16-14-12-10-8-2)59-45-50(66-69-63(3,4)64(5,6)70-66)35-40-55(59)56-41-38-54(47-60(56)65)68-61-32-24-23-31-57(61)58-46-53(39-42-62(58)68)67(51-29-21-18-22-30-51)52-36-33-49(34-37-52)48-27-19-17-20-28-48;1-3-5-7-9-11-21-39-59(40-22-12-10-8-6-4-2)55-41-46(60)31-36-51(55)52-37-34-50(43-56(52)59)62-57-28-20-19-27-53(57)54-42-49(35-38-58(54)62)61(47-25-17-14-18-26-47)48-32-29-45(30-33-48)44-23-15-13-16-24-44;1-9(2)10(3,4)16-13(15-9)14-17-11(5,6)12(7,8)18-14/h17-24,27-42,45-47H,7-16,25-26,43-44H2,1-6H3;13-20,23-38,41-43H,3-12,21-22,39-40H2,1-2H3;1-8H3. The first-order valence-electron chi connectivity index (χ1n) is 57.0. The van der Waals surface area contributed by atoms with Crippen LogP contribution in [-0.2, 0) is 38.8 Å². The first-order chi connectivity index (χ1) is 72.6. The van der Waals surface area contributed by atoms with Crippen molar-refractivity contribution in [2.75, 3.05) is 9.80 Å². The smallest absolute Gasteiger partial charge is 0.405 e. The maximum absolute atomic E-state index is 6.74. The van der Waals surface area contributed by atoms with E-state index in [0.29, 0.717) is 0 Å². The van der Waals surface area contributed by atoms with Gasteiger partial charge in [0.25, 0.3) is 0 Å². The molecule has 0 radical (unpaired) electrons. The quantitative estimate of drug-likeness (QED) is 0.0278. The van der Waals surface area contributed by atoms with Gasteiger partial charge in [-0.2, -0.15) is 0 Å². The van der Waals surface area contributed by atoms with Crippen molar-refractivity contribution in [3.05, 3.63) is 354 Å². The highest BCUT2D eigenvalue weighted by Crippen LogP contribution is 2.59. The maximum atomic E-state index is 6.74. The first-order valence-corrected chi connectivity index (χ1v) is 57.8. The van der Waals surface area contributed by atoms with Crippen LogP contribution >= 0.6 is 15.9 Å². The molecule has 2 aliphatic carbocycles. The normalized spacial score (nSPS) is 16.3. The zero-order valence-electron chi connectivity index (χ0n) is 92.3.